The van der Waals surface area contributed by atoms with Gasteiger partial charge in [-0.3, -0.25) is 4.79 Å². The highest BCUT2D eigenvalue weighted by molar-refractivity contribution is 8.03. The van der Waals surface area contributed by atoms with Gasteiger partial charge in [0.2, 0.25) is 15.9 Å². The number of fused-ring (bicyclic) bond motifs is 1. The van der Waals surface area contributed by atoms with Crippen molar-refractivity contribution in [3.63, 3.8) is 0 Å². The van der Waals surface area contributed by atoms with Crippen molar-refractivity contribution in [1.82, 2.24) is 14.5 Å². The van der Waals surface area contributed by atoms with Crippen LogP contribution in [0, 0.1) is 11.8 Å². The molecule has 0 radical (unpaired) electrons. The number of hydrogen-bond acceptors (Lipinski definition) is 8. The van der Waals surface area contributed by atoms with E-state index in [2.05, 4.69) is 11.3 Å². The van der Waals surface area contributed by atoms with Gasteiger partial charge in [-0.25, -0.2) is 22.7 Å². The molecular weight excluding hydrogens is 498 g/mol. The highest BCUT2D eigenvalue weighted by Gasteiger charge is 2.60. The number of aliphatic hydroxyl groups excluding tert-OH is 1. The predicted molar refractivity (Wildman–Crippen MR) is 130 cm³/mol. The quantitative estimate of drug-likeness (QED) is 0.275. The van der Waals surface area contributed by atoms with E-state index >= 15 is 0 Å². The van der Waals surface area contributed by atoms with Gasteiger partial charge in [0.15, 0.2) is 0 Å². The molecule has 0 unspecified atom stereocenters. The number of nitrogens with zero attached hydrogens (tertiary/aromatic N) is 2. The van der Waals surface area contributed by atoms with E-state index in [4.69, 9.17) is 4.74 Å². The van der Waals surface area contributed by atoms with Gasteiger partial charge >= 0.3 is 12.1 Å². The van der Waals surface area contributed by atoms with Gasteiger partial charge in [-0.05, 0) is 13.3 Å². The van der Waals surface area contributed by atoms with Crippen molar-refractivity contribution in [1.29, 1.82) is 0 Å². The monoisotopic (exact) mass is 529 g/mol. The Kier molecular flexibility index (Phi) is 8.35. The molecule has 0 aliphatic carbocycles. The molecule has 0 aromatic heterocycles. The molecule has 2 fully saturated rings. The Bertz CT molecular complexity index is 1050. The van der Waals surface area contributed by atoms with Crippen LogP contribution in [0.2, 0.25) is 0 Å². The fraction of sp³-hybridized carbons (Fsp3) is 0.591. The second-order valence-electron chi connectivity index (χ2n) is 8.88. The van der Waals surface area contributed by atoms with Gasteiger partial charge in [-0.15, -0.1) is 11.8 Å². The van der Waals surface area contributed by atoms with Crippen LogP contribution in [0.15, 0.2) is 35.4 Å². The van der Waals surface area contributed by atoms with E-state index in [0.29, 0.717) is 11.3 Å². The van der Waals surface area contributed by atoms with Crippen LogP contribution in [-0.4, -0.2) is 95.8 Å². The largest absolute Gasteiger partial charge is 0.477 e. The van der Waals surface area contributed by atoms with Crippen molar-refractivity contribution in [2.24, 2.45) is 11.8 Å². The fourth-order valence-corrected chi connectivity index (χ4v) is 6.74. The highest BCUT2D eigenvalue weighted by atomic mass is 32.2. The Balaban J connectivity index is 1.79. The number of aliphatic hydroxyl groups is 1. The smallest absolute Gasteiger partial charge is 0.410 e. The molecule has 6 atom stereocenters. The first-order valence-electron chi connectivity index (χ1n) is 11.2. The van der Waals surface area contributed by atoms with Crippen LogP contribution in [0.3, 0.4) is 0 Å². The van der Waals surface area contributed by atoms with Gasteiger partial charge in [0, 0.05) is 29.2 Å². The molecule has 3 heterocycles. The Morgan fingerprint density at radius 1 is 1.40 bits per heavy atom. The average Bonchev–Trinajstić information content (AvgIpc) is 3.26. The number of β-lactam (4-membered cyclic amide) rings is 1. The number of ether oxygens (including phenoxy) is 1. The Labute approximate surface area is 208 Å². The lowest BCUT2D eigenvalue weighted by Crippen LogP contribution is -2.63. The summed E-state index contributed by atoms with van der Waals surface area (Å²) in [6, 6.07) is -0.801. The molecule has 35 heavy (non-hydrogen) atoms. The number of carboxylic acids is 1. The summed E-state index contributed by atoms with van der Waals surface area (Å²) < 4.78 is 30.1. The zero-order valence-electron chi connectivity index (χ0n) is 19.8. The third-order valence-corrected chi connectivity index (χ3v) is 8.48. The number of thioether (sulfide) groups is 1. The fourth-order valence-electron chi connectivity index (χ4n) is 4.80. The lowest BCUT2D eigenvalue weighted by Gasteiger charge is -2.46. The summed E-state index contributed by atoms with van der Waals surface area (Å²) in [4.78, 5) is 40.6. The minimum Gasteiger partial charge on any atom is -0.477 e. The van der Waals surface area contributed by atoms with Gasteiger partial charge in [0.25, 0.3) is 0 Å². The molecule has 0 bridgehead atoms. The summed E-state index contributed by atoms with van der Waals surface area (Å²) in [5, 5.41) is 19.7. The highest BCUT2D eigenvalue weighted by Crippen LogP contribution is 2.52. The van der Waals surface area contributed by atoms with Crippen molar-refractivity contribution in [3.05, 3.63) is 35.4 Å². The van der Waals surface area contributed by atoms with Crippen molar-refractivity contribution in [3.8, 4) is 0 Å². The van der Waals surface area contributed by atoms with E-state index in [1.54, 1.807) is 12.2 Å². The minimum absolute atomic E-state index is 0.0318. The number of carboxylic acid groups (broad SMARTS) is 1. The molecular formula is C22H31N3O8S2. The summed E-state index contributed by atoms with van der Waals surface area (Å²) >= 11 is 1.32. The number of aliphatic carboxylic acids is 1. The van der Waals surface area contributed by atoms with Crippen LogP contribution in [-0.2, 0) is 24.3 Å². The number of amides is 2. The zero-order valence-corrected chi connectivity index (χ0v) is 21.4. The molecule has 11 nitrogen and oxygen atoms in total. The molecule has 3 N–H and O–H groups in total. The molecule has 0 aromatic carbocycles. The maximum Gasteiger partial charge on any atom is 0.410 e. The maximum absolute atomic E-state index is 12.6. The van der Waals surface area contributed by atoms with E-state index in [9.17, 15) is 33.0 Å². The van der Waals surface area contributed by atoms with Crippen molar-refractivity contribution >= 4 is 39.8 Å². The zero-order chi connectivity index (χ0) is 26.1. The molecule has 194 valence electrons. The SMILES string of the molecule is C=CCOC(=O)N1C[C@@H](SC2=C(C(=O)O)N3C(=O)[C@H]([C@@H](C)O)[C@H]3[C@H]2C)C[C@H]1/C=C\CNS(C)(=O)=O. The van der Waals surface area contributed by atoms with Crippen LogP contribution in [0.4, 0.5) is 4.79 Å². The van der Waals surface area contributed by atoms with E-state index < -0.39 is 46.1 Å². The molecule has 0 spiro atoms. The lowest BCUT2D eigenvalue weighted by molar-refractivity contribution is -0.163. The maximum atomic E-state index is 12.6. The second kappa shape index (κ2) is 10.7. The van der Waals surface area contributed by atoms with Crippen molar-refractivity contribution < 1.29 is 37.8 Å². The van der Waals surface area contributed by atoms with Crippen LogP contribution in [0.25, 0.3) is 0 Å². The number of hydrogen-bond donors (Lipinski definition) is 3. The number of carbonyl (C=O) groups is 3. The van der Waals surface area contributed by atoms with E-state index in [-0.39, 0.29) is 42.6 Å². The number of nitrogens with one attached hydrogen (secondary N) is 1. The Hall–Kier alpha value is -2.35. The number of rotatable bonds is 10. The molecule has 3 aliphatic heterocycles. The summed E-state index contributed by atoms with van der Waals surface area (Å²) in [5.41, 5.74) is -0.0634. The van der Waals surface area contributed by atoms with Crippen LogP contribution < -0.4 is 4.72 Å². The summed E-state index contributed by atoms with van der Waals surface area (Å²) in [6.07, 6.45) is 4.87. The Morgan fingerprint density at radius 3 is 2.66 bits per heavy atom. The van der Waals surface area contributed by atoms with E-state index in [1.165, 1.54) is 34.6 Å². The number of likely N-dealkylation sites (tertiary alicyclic amines) is 1. The molecule has 2 saturated heterocycles. The van der Waals surface area contributed by atoms with Gasteiger partial charge < -0.3 is 24.7 Å². The summed E-state index contributed by atoms with van der Waals surface area (Å²) in [6.45, 7) is 7.27. The van der Waals surface area contributed by atoms with Crippen LogP contribution >= 0.6 is 11.8 Å². The number of carbonyl (C=O) groups excluding carboxylic acids is 2. The van der Waals surface area contributed by atoms with Crippen LogP contribution in [0.1, 0.15) is 20.3 Å². The summed E-state index contributed by atoms with van der Waals surface area (Å²) in [7, 11) is -3.36. The summed E-state index contributed by atoms with van der Waals surface area (Å²) in [5.74, 6) is -2.53. The average molecular weight is 530 g/mol. The van der Waals surface area contributed by atoms with Gasteiger partial charge in [-0.1, -0.05) is 31.7 Å². The minimum atomic E-state index is -3.36. The van der Waals surface area contributed by atoms with E-state index in [0.717, 1.165) is 6.26 Å². The predicted octanol–water partition coefficient (Wildman–Crippen LogP) is 0.744. The molecule has 13 heteroatoms. The third-order valence-electron chi connectivity index (χ3n) is 6.29. The van der Waals surface area contributed by atoms with Crippen molar-refractivity contribution in [2.45, 2.75) is 43.7 Å². The normalized spacial score (nSPS) is 29.4. The first kappa shape index (κ1) is 27.2. The topological polar surface area (TPSA) is 154 Å². The van der Waals surface area contributed by atoms with Crippen LogP contribution in [0.5, 0.6) is 0 Å². The van der Waals surface area contributed by atoms with Crippen molar-refractivity contribution in [2.75, 3.05) is 26.0 Å². The third kappa shape index (κ3) is 5.74. The standard InChI is InChI=1S/C22H31N3O8S2/c1-5-9-33-22(30)24-11-15(10-14(24)7-6-8-23-35(4,31)32)34-19-12(2)17-16(13(3)26)20(27)25(17)18(19)21(28)29/h5-7,12-17,23,26H,1,8-11H2,2-4H3,(H,28,29)/b7-6-/t12-,13-,14-,15+,16-,17-/m1/s1. The molecule has 0 saturated carbocycles. The molecule has 3 aliphatic rings. The Morgan fingerprint density at radius 2 is 2.09 bits per heavy atom. The van der Waals surface area contributed by atoms with Gasteiger partial charge in [0.05, 0.1) is 30.4 Å². The molecule has 2 amide bonds. The van der Waals surface area contributed by atoms with E-state index in [1.807, 2.05) is 6.92 Å². The van der Waals surface area contributed by atoms with Gasteiger partial charge in [-0.2, -0.15) is 0 Å². The number of sulfonamides is 1. The van der Waals surface area contributed by atoms with Gasteiger partial charge in [0.1, 0.15) is 12.3 Å². The molecule has 3 rings (SSSR count). The molecule has 0 aromatic rings. The lowest BCUT2D eigenvalue weighted by atomic mass is 9.79. The first-order chi connectivity index (χ1) is 16.4. The first-order valence-corrected chi connectivity index (χ1v) is 13.9. The second-order valence-corrected chi connectivity index (χ2v) is 12.1.